The van der Waals surface area contributed by atoms with Crippen LogP contribution in [0.1, 0.15) is 52.0 Å². The van der Waals surface area contributed by atoms with Gasteiger partial charge >= 0.3 is 0 Å². The SMILES string of the molecule is CCNC(=NCC(C)c1ccsc1)NCC1CCCN(CC(C)C)C1.I. The summed E-state index contributed by atoms with van der Waals surface area (Å²) in [4.78, 5) is 7.43. The predicted molar refractivity (Wildman–Crippen MR) is 126 cm³/mol. The Morgan fingerprint density at radius 2 is 2.15 bits per heavy atom. The number of halogens is 1. The van der Waals surface area contributed by atoms with E-state index in [9.17, 15) is 0 Å². The second-order valence-corrected chi connectivity index (χ2v) is 8.50. The van der Waals surface area contributed by atoms with Crippen LogP contribution in [0, 0.1) is 11.8 Å². The lowest BCUT2D eigenvalue weighted by atomic mass is 9.97. The van der Waals surface area contributed by atoms with E-state index in [0.29, 0.717) is 5.92 Å². The molecular formula is C20H37IN4S. The molecule has 6 heteroatoms. The van der Waals surface area contributed by atoms with Gasteiger partial charge in [-0.1, -0.05) is 20.8 Å². The van der Waals surface area contributed by atoms with E-state index in [-0.39, 0.29) is 24.0 Å². The standard InChI is InChI=1S/C20H36N4S.HI/c1-5-21-20(22-11-17(4)19-8-10-25-15-19)23-12-18-7-6-9-24(14-18)13-16(2)3;/h8,10,15-18H,5-7,9,11-14H2,1-4H3,(H2,21,22,23);1H. The number of hydrogen-bond donors (Lipinski definition) is 2. The van der Waals surface area contributed by atoms with Crippen LogP contribution in [-0.2, 0) is 0 Å². The monoisotopic (exact) mass is 492 g/mol. The number of thiophene rings is 1. The van der Waals surface area contributed by atoms with Crippen LogP contribution in [0.25, 0.3) is 0 Å². The average Bonchev–Trinajstić information content (AvgIpc) is 3.11. The fraction of sp³-hybridized carbons (Fsp3) is 0.750. The molecule has 4 nitrogen and oxygen atoms in total. The highest BCUT2D eigenvalue weighted by Gasteiger charge is 2.20. The maximum Gasteiger partial charge on any atom is 0.191 e. The zero-order valence-electron chi connectivity index (χ0n) is 16.8. The van der Waals surface area contributed by atoms with Gasteiger partial charge < -0.3 is 15.5 Å². The van der Waals surface area contributed by atoms with Crippen LogP contribution in [0.15, 0.2) is 21.8 Å². The third-order valence-electron chi connectivity index (χ3n) is 4.76. The van der Waals surface area contributed by atoms with Gasteiger partial charge in [-0.25, -0.2) is 0 Å². The van der Waals surface area contributed by atoms with Crippen molar-refractivity contribution in [3.8, 4) is 0 Å². The molecule has 1 aromatic heterocycles. The third-order valence-corrected chi connectivity index (χ3v) is 5.47. The van der Waals surface area contributed by atoms with E-state index in [1.807, 2.05) is 0 Å². The zero-order valence-corrected chi connectivity index (χ0v) is 20.0. The summed E-state index contributed by atoms with van der Waals surface area (Å²) >= 11 is 1.76. The molecule has 0 bridgehead atoms. The molecule has 1 aliphatic heterocycles. The third kappa shape index (κ3) is 8.57. The zero-order chi connectivity index (χ0) is 18.1. The first-order valence-corrected chi connectivity index (χ1v) is 10.8. The van der Waals surface area contributed by atoms with Gasteiger partial charge in [0.2, 0.25) is 0 Å². The van der Waals surface area contributed by atoms with Crippen molar-refractivity contribution in [1.29, 1.82) is 0 Å². The lowest BCUT2D eigenvalue weighted by Crippen LogP contribution is -2.45. The highest BCUT2D eigenvalue weighted by atomic mass is 127. The molecule has 2 rings (SSSR count). The van der Waals surface area contributed by atoms with Crippen LogP contribution in [-0.4, -0.2) is 50.1 Å². The molecule has 0 spiro atoms. The molecular weight excluding hydrogens is 455 g/mol. The average molecular weight is 493 g/mol. The Morgan fingerprint density at radius 1 is 1.35 bits per heavy atom. The van der Waals surface area contributed by atoms with Gasteiger partial charge in [0, 0.05) is 38.6 Å². The maximum absolute atomic E-state index is 4.81. The van der Waals surface area contributed by atoms with E-state index in [1.54, 1.807) is 11.3 Å². The quantitative estimate of drug-likeness (QED) is 0.321. The van der Waals surface area contributed by atoms with E-state index in [4.69, 9.17) is 4.99 Å². The Labute approximate surface area is 181 Å². The fourth-order valence-electron chi connectivity index (χ4n) is 3.47. The van der Waals surface area contributed by atoms with Crippen molar-refractivity contribution in [2.45, 2.75) is 46.5 Å². The Bertz CT molecular complexity index is 504. The van der Waals surface area contributed by atoms with E-state index in [2.05, 4.69) is 60.1 Å². The molecule has 0 amide bonds. The van der Waals surface area contributed by atoms with Gasteiger partial charge in [0.1, 0.15) is 0 Å². The normalized spacial score (nSPS) is 19.9. The van der Waals surface area contributed by atoms with Crippen LogP contribution in [0.4, 0.5) is 0 Å². The molecule has 0 aromatic carbocycles. The van der Waals surface area contributed by atoms with Crippen LogP contribution in [0.2, 0.25) is 0 Å². The first-order valence-electron chi connectivity index (χ1n) is 9.85. The highest BCUT2D eigenvalue weighted by molar-refractivity contribution is 14.0. The minimum absolute atomic E-state index is 0. The fourth-order valence-corrected chi connectivity index (χ4v) is 4.25. The van der Waals surface area contributed by atoms with E-state index < -0.39 is 0 Å². The molecule has 1 aliphatic rings. The topological polar surface area (TPSA) is 39.7 Å². The number of piperidine rings is 1. The molecule has 2 unspecified atom stereocenters. The maximum atomic E-state index is 4.81. The van der Waals surface area contributed by atoms with Gasteiger partial charge in [0.25, 0.3) is 0 Å². The second-order valence-electron chi connectivity index (χ2n) is 7.72. The van der Waals surface area contributed by atoms with Gasteiger partial charge in [-0.15, -0.1) is 24.0 Å². The van der Waals surface area contributed by atoms with Crippen molar-refractivity contribution >= 4 is 41.3 Å². The predicted octanol–water partition coefficient (Wildman–Crippen LogP) is 4.39. The molecule has 0 radical (unpaired) electrons. The molecule has 2 N–H and O–H groups in total. The van der Waals surface area contributed by atoms with E-state index >= 15 is 0 Å². The van der Waals surface area contributed by atoms with Crippen LogP contribution >= 0.6 is 35.3 Å². The second kappa shape index (κ2) is 12.9. The first-order chi connectivity index (χ1) is 12.1. The van der Waals surface area contributed by atoms with Gasteiger partial charge in [-0.2, -0.15) is 11.3 Å². The molecule has 1 aromatic rings. The van der Waals surface area contributed by atoms with Crippen molar-refractivity contribution in [3.63, 3.8) is 0 Å². The summed E-state index contributed by atoms with van der Waals surface area (Å²) in [7, 11) is 0. The molecule has 2 atom stereocenters. The molecule has 1 fully saturated rings. The largest absolute Gasteiger partial charge is 0.357 e. The van der Waals surface area contributed by atoms with Crippen molar-refractivity contribution in [2.75, 3.05) is 39.3 Å². The van der Waals surface area contributed by atoms with Crippen LogP contribution in [0.3, 0.4) is 0 Å². The molecule has 0 aliphatic carbocycles. The van der Waals surface area contributed by atoms with Crippen molar-refractivity contribution < 1.29 is 0 Å². The summed E-state index contributed by atoms with van der Waals surface area (Å²) in [6, 6.07) is 2.20. The molecule has 26 heavy (non-hydrogen) atoms. The number of aliphatic imine (C=N–C) groups is 1. The van der Waals surface area contributed by atoms with Gasteiger partial charge in [-0.3, -0.25) is 4.99 Å². The van der Waals surface area contributed by atoms with Crippen LogP contribution < -0.4 is 10.6 Å². The van der Waals surface area contributed by atoms with Crippen molar-refractivity contribution in [3.05, 3.63) is 22.4 Å². The summed E-state index contributed by atoms with van der Waals surface area (Å²) in [5, 5.41) is 11.3. The molecule has 0 saturated carbocycles. The Hall–Kier alpha value is -0.340. The number of rotatable bonds is 8. The van der Waals surface area contributed by atoms with Crippen molar-refractivity contribution in [1.82, 2.24) is 15.5 Å². The lowest BCUT2D eigenvalue weighted by Gasteiger charge is -2.34. The summed E-state index contributed by atoms with van der Waals surface area (Å²) in [5.41, 5.74) is 1.39. The summed E-state index contributed by atoms with van der Waals surface area (Å²) in [6.07, 6.45) is 2.65. The number of nitrogens with one attached hydrogen (secondary N) is 2. The number of hydrogen-bond acceptors (Lipinski definition) is 3. The molecule has 2 heterocycles. The number of likely N-dealkylation sites (tertiary alicyclic amines) is 1. The summed E-state index contributed by atoms with van der Waals surface area (Å²) in [5.74, 6) is 2.92. The summed E-state index contributed by atoms with van der Waals surface area (Å²) < 4.78 is 0. The Balaban J connectivity index is 0.00000338. The van der Waals surface area contributed by atoms with Gasteiger partial charge in [-0.05, 0) is 60.5 Å². The molecule has 1 saturated heterocycles. The Kier molecular flexibility index (Phi) is 11.8. The smallest absolute Gasteiger partial charge is 0.191 e. The van der Waals surface area contributed by atoms with Gasteiger partial charge in [0.05, 0.1) is 0 Å². The first kappa shape index (κ1) is 23.7. The van der Waals surface area contributed by atoms with E-state index in [1.165, 1.54) is 38.0 Å². The minimum Gasteiger partial charge on any atom is -0.357 e. The summed E-state index contributed by atoms with van der Waals surface area (Å²) in [6.45, 7) is 15.5. The van der Waals surface area contributed by atoms with Crippen LogP contribution in [0.5, 0.6) is 0 Å². The van der Waals surface area contributed by atoms with Crippen molar-refractivity contribution in [2.24, 2.45) is 16.8 Å². The number of nitrogens with zero attached hydrogens (tertiary/aromatic N) is 2. The highest BCUT2D eigenvalue weighted by Crippen LogP contribution is 2.19. The van der Waals surface area contributed by atoms with E-state index in [0.717, 1.165) is 37.4 Å². The minimum atomic E-state index is 0. The van der Waals surface area contributed by atoms with Gasteiger partial charge in [0.15, 0.2) is 5.96 Å². The number of guanidine groups is 1. The molecule has 150 valence electrons. The Morgan fingerprint density at radius 3 is 2.81 bits per heavy atom. The lowest BCUT2D eigenvalue weighted by molar-refractivity contribution is 0.159.